The zero-order valence-electron chi connectivity index (χ0n) is 10.7. The number of unbranched alkanes of at least 4 members (excludes halogenated alkanes) is 1. The standard InChI is InChI=1S/C13H22BrNOS/c1-3-4-8-16-9-5-7-15-11(2)13-12(14)6-10-17-13/h6,10-11,15H,3-5,7-9H2,1-2H3. The molecule has 1 rings (SSSR count). The SMILES string of the molecule is CCCCOCCCNC(C)c1sccc1Br. The van der Waals surface area contributed by atoms with Gasteiger partial charge in [0.25, 0.3) is 0 Å². The van der Waals surface area contributed by atoms with E-state index in [0.29, 0.717) is 6.04 Å². The molecular formula is C13H22BrNOS. The van der Waals surface area contributed by atoms with E-state index in [1.807, 2.05) is 0 Å². The van der Waals surface area contributed by atoms with E-state index in [-0.39, 0.29) is 0 Å². The third kappa shape index (κ3) is 6.00. The Morgan fingerprint density at radius 1 is 1.41 bits per heavy atom. The molecule has 1 N–H and O–H groups in total. The molecule has 0 aliphatic carbocycles. The van der Waals surface area contributed by atoms with Gasteiger partial charge in [-0.05, 0) is 53.7 Å². The Morgan fingerprint density at radius 2 is 2.18 bits per heavy atom. The molecule has 0 saturated carbocycles. The van der Waals surface area contributed by atoms with Crippen LogP contribution in [0.5, 0.6) is 0 Å². The lowest BCUT2D eigenvalue weighted by Gasteiger charge is -2.12. The Labute approximate surface area is 117 Å². The number of halogens is 1. The van der Waals surface area contributed by atoms with Gasteiger partial charge in [-0.25, -0.2) is 0 Å². The number of ether oxygens (including phenoxy) is 1. The second-order valence-corrected chi connectivity index (χ2v) is 5.93. The molecule has 0 saturated heterocycles. The van der Waals surface area contributed by atoms with Gasteiger partial charge in [-0.2, -0.15) is 0 Å². The van der Waals surface area contributed by atoms with Gasteiger partial charge in [-0.1, -0.05) is 13.3 Å². The van der Waals surface area contributed by atoms with Crippen LogP contribution < -0.4 is 5.32 Å². The quantitative estimate of drug-likeness (QED) is 0.682. The predicted octanol–water partition coefficient (Wildman–Crippen LogP) is 4.37. The van der Waals surface area contributed by atoms with Crippen LogP contribution in [0.4, 0.5) is 0 Å². The van der Waals surface area contributed by atoms with Crippen LogP contribution in [0, 0.1) is 0 Å². The maximum absolute atomic E-state index is 5.52. The first-order valence-corrected chi connectivity index (χ1v) is 7.97. The van der Waals surface area contributed by atoms with Crippen molar-refractivity contribution in [2.75, 3.05) is 19.8 Å². The molecule has 4 heteroatoms. The van der Waals surface area contributed by atoms with Crippen molar-refractivity contribution in [3.8, 4) is 0 Å². The molecule has 0 radical (unpaired) electrons. The largest absolute Gasteiger partial charge is 0.381 e. The van der Waals surface area contributed by atoms with Gasteiger partial charge in [-0.3, -0.25) is 0 Å². The van der Waals surface area contributed by atoms with Crippen molar-refractivity contribution in [1.82, 2.24) is 5.32 Å². The van der Waals surface area contributed by atoms with Crippen LogP contribution in [0.3, 0.4) is 0 Å². The van der Waals surface area contributed by atoms with Crippen LogP contribution in [0.1, 0.15) is 44.0 Å². The maximum Gasteiger partial charge on any atom is 0.0478 e. The molecule has 0 aromatic carbocycles. The van der Waals surface area contributed by atoms with Crippen molar-refractivity contribution in [2.45, 2.75) is 39.2 Å². The molecule has 0 aliphatic heterocycles. The summed E-state index contributed by atoms with van der Waals surface area (Å²) >= 11 is 5.36. The average Bonchev–Trinajstić information content (AvgIpc) is 2.74. The molecule has 1 aromatic heterocycles. The molecule has 1 aromatic rings. The molecule has 0 bridgehead atoms. The molecule has 98 valence electrons. The lowest BCUT2D eigenvalue weighted by atomic mass is 10.2. The van der Waals surface area contributed by atoms with Crippen LogP contribution >= 0.6 is 27.3 Å². The highest BCUT2D eigenvalue weighted by Gasteiger charge is 2.09. The lowest BCUT2D eigenvalue weighted by molar-refractivity contribution is 0.128. The predicted molar refractivity (Wildman–Crippen MR) is 78.8 cm³/mol. The van der Waals surface area contributed by atoms with E-state index in [0.717, 1.165) is 26.2 Å². The Hall–Kier alpha value is 0.100. The molecule has 2 nitrogen and oxygen atoms in total. The Balaban J connectivity index is 2.05. The minimum Gasteiger partial charge on any atom is -0.381 e. The molecule has 1 heterocycles. The Morgan fingerprint density at radius 3 is 2.82 bits per heavy atom. The number of nitrogens with one attached hydrogen (secondary N) is 1. The van der Waals surface area contributed by atoms with E-state index in [2.05, 4.69) is 46.5 Å². The van der Waals surface area contributed by atoms with Crippen molar-refractivity contribution in [2.24, 2.45) is 0 Å². The Bertz CT molecular complexity index is 303. The highest BCUT2D eigenvalue weighted by Crippen LogP contribution is 2.28. The van der Waals surface area contributed by atoms with Gasteiger partial charge in [0, 0.05) is 28.6 Å². The summed E-state index contributed by atoms with van der Waals surface area (Å²) in [6, 6.07) is 2.52. The van der Waals surface area contributed by atoms with Crippen molar-refractivity contribution in [3.63, 3.8) is 0 Å². The van der Waals surface area contributed by atoms with Crippen LogP contribution in [0.15, 0.2) is 15.9 Å². The van der Waals surface area contributed by atoms with E-state index < -0.39 is 0 Å². The first-order valence-electron chi connectivity index (χ1n) is 6.29. The smallest absolute Gasteiger partial charge is 0.0478 e. The molecule has 0 fully saturated rings. The third-order valence-electron chi connectivity index (χ3n) is 2.60. The van der Waals surface area contributed by atoms with Crippen molar-refractivity contribution in [3.05, 3.63) is 20.8 Å². The summed E-state index contributed by atoms with van der Waals surface area (Å²) < 4.78 is 6.73. The van der Waals surface area contributed by atoms with Crippen molar-refractivity contribution >= 4 is 27.3 Å². The summed E-state index contributed by atoms with van der Waals surface area (Å²) in [5.74, 6) is 0. The van der Waals surface area contributed by atoms with Gasteiger partial charge in [0.15, 0.2) is 0 Å². The fourth-order valence-electron chi connectivity index (χ4n) is 1.55. The molecule has 0 aliphatic rings. The van der Waals surface area contributed by atoms with E-state index in [1.165, 1.54) is 22.2 Å². The first-order chi connectivity index (χ1) is 8.25. The van der Waals surface area contributed by atoms with Crippen molar-refractivity contribution < 1.29 is 4.74 Å². The van der Waals surface area contributed by atoms with E-state index >= 15 is 0 Å². The molecule has 17 heavy (non-hydrogen) atoms. The highest BCUT2D eigenvalue weighted by atomic mass is 79.9. The van der Waals surface area contributed by atoms with Gasteiger partial charge in [0.05, 0.1) is 0 Å². The fourth-order valence-corrected chi connectivity index (χ4v) is 3.30. The maximum atomic E-state index is 5.52. The molecule has 0 spiro atoms. The summed E-state index contributed by atoms with van der Waals surface area (Å²) in [7, 11) is 0. The van der Waals surface area contributed by atoms with Gasteiger partial charge >= 0.3 is 0 Å². The minimum absolute atomic E-state index is 0.417. The Kier molecular flexibility index (Phi) is 8.10. The molecule has 0 amide bonds. The topological polar surface area (TPSA) is 21.3 Å². The van der Waals surface area contributed by atoms with Crippen LogP contribution in [-0.2, 0) is 4.74 Å². The van der Waals surface area contributed by atoms with Gasteiger partial charge in [0.2, 0.25) is 0 Å². The van der Waals surface area contributed by atoms with Crippen LogP contribution in [-0.4, -0.2) is 19.8 Å². The monoisotopic (exact) mass is 319 g/mol. The second kappa shape index (κ2) is 9.09. The lowest BCUT2D eigenvalue weighted by Crippen LogP contribution is -2.20. The van der Waals surface area contributed by atoms with Crippen molar-refractivity contribution in [1.29, 1.82) is 0 Å². The van der Waals surface area contributed by atoms with Crippen LogP contribution in [0.2, 0.25) is 0 Å². The summed E-state index contributed by atoms with van der Waals surface area (Å²) in [6.07, 6.45) is 3.46. The summed E-state index contributed by atoms with van der Waals surface area (Å²) in [4.78, 5) is 1.37. The summed E-state index contributed by atoms with van der Waals surface area (Å²) in [5.41, 5.74) is 0. The first kappa shape index (κ1) is 15.2. The van der Waals surface area contributed by atoms with Gasteiger partial charge in [0.1, 0.15) is 0 Å². The van der Waals surface area contributed by atoms with E-state index in [4.69, 9.17) is 4.74 Å². The average molecular weight is 320 g/mol. The second-order valence-electron chi connectivity index (χ2n) is 4.13. The van der Waals surface area contributed by atoms with Gasteiger partial charge in [-0.15, -0.1) is 11.3 Å². The minimum atomic E-state index is 0.417. The zero-order valence-corrected chi connectivity index (χ0v) is 13.1. The number of hydrogen-bond acceptors (Lipinski definition) is 3. The molecular weight excluding hydrogens is 298 g/mol. The summed E-state index contributed by atoms with van der Waals surface area (Å²) in [6.45, 7) is 7.17. The number of thiophene rings is 1. The van der Waals surface area contributed by atoms with Gasteiger partial charge < -0.3 is 10.1 Å². The highest BCUT2D eigenvalue weighted by molar-refractivity contribution is 9.10. The number of hydrogen-bond donors (Lipinski definition) is 1. The normalized spacial score (nSPS) is 12.9. The third-order valence-corrected chi connectivity index (χ3v) is 4.65. The zero-order chi connectivity index (χ0) is 12.5. The number of rotatable bonds is 9. The summed E-state index contributed by atoms with van der Waals surface area (Å²) in [5, 5.41) is 5.63. The van der Waals surface area contributed by atoms with Crippen LogP contribution in [0.25, 0.3) is 0 Å². The van der Waals surface area contributed by atoms with E-state index in [1.54, 1.807) is 11.3 Å². The fraction of sp³-hybridized carbons (Fsp3) is 0.692. The molecule has 1 unspecified atom stereocenters. The van der Waals surface area contributed by atoms with E-state index in [9.17, 15) is 0 Å². The molecule has 1 atom stereocenters.